The number of carbonyl (C=O) groups excluding carboxylic acids is 3. The van der Waals surface area contributed by atoms with Crippen LogP contribution in [0.25, 0.3) is 0 Å². The predicted molar refractivity (Wildman–Crippen MR) is 109 cm³/mol. The van der Waals surface area contributed by atoms with Gasteiger partial charge in [-0.2, -0.15) is 0 Å². The van der Waals surface area contributed by atoms with Crippen LogP contribution < -0.4 is 5.32 Å². The maximum Gasteiger partial charge on any atom is 0.325 e. The molecule has 1 fully saturated rings. The van der Waals surface area contributed by atoms with Crippen LogP contribution in [0.15, 0.2) is 42.5 Å². The second-order valence-electron chi connectivity index (χ2n) is 8.18. The smallest absolute Gasteiger partial charge is 0.325 e. The molecular formula is C23H23F2N3O3. The zero-order valence-electron chi connectivity index (χ0n) is 17.3. The highest BCUT2D eigenvalue weighted by Gasteiger charge is 2.51. The number of likely N-dealkylation sites (N-methyl/N-ethyl adjacent to an activating group) is 1. The van der Waals surface area contributed by atoms with Crippen molar-refractivity contribution < 1.29 is 23.2 Å². The van der Waals surface area contributed by atoms with Gasteiger partial charge in [0.1, 0.15) is 23.7 Å². The van der Waals surface area contributed by atoms with Crippen LogP contribution in [0.4, 0.5) is 13.6 Å². The van der Waals surface area contributed by atoms with Crippen LogP contribution in [0.2, 0.25) is 0 Å². The zero-order valence-corrected chi connectivity index (χ0v) is 17.3. The minimum Gasteiger partial charge on any atom is -0.337 e. The number of benzene rings is 2. The van der Waals surface area contributed by atoms with Gasteiger partial charge in [0.25, 0.3) is 5.91 Å². The quantitative estimate of drug-likeness (QED) is 0.762. The van der Waals surface area contributed by atoms with Crippen molar-refractivity contribution in [3.05, 3.63) is 70.8 Å². The third-order valence-corrected chi connectivity index (χ3v) is 6.23. The molecule has 4 rings (SSSR count). The maximum absolute atomic E-state index is 14.3. The first-order valence-electron chi connectivity index (χ1n) is 10.2. The number of urea groups is 1. The van der Waals surface area contributed by atoms with Crippen molar-refractivity contribution in [2.75, 3.05) is 13.6 Å². The van der Waals surface area contributed by atoms with Crippen LogP contribution in [0.1, 0.15) is 42.5 Å². The van der Waals surface area contributed by atoms with E-state index >= 15 is 0 Å². The van der Waals surface area contributed by atoms with Gasteiger partial charge in [0.2, 0.25) is 5.91 Å². The average molecular weight is 427 g/mol. The number of rotatable bonds is 4. The van der Waals surface area contributed by atoms with Gasteiger partial charge in [-0.25, -0.2) is 13.6 Å². The normalized spacial score (nSPS) is 22.8. The van der Waals surface area contributed by atoms with Gasteiger partial charge in [-0.05, 0) is 55.5 Å². The summed E-state index contributed by atoms with van der Waals surface area (Å²) in [4.78, 5) is 40.8. The van der Waals surface area contributed by atoms with Crippen molar-refractivity contribution in [2.24, 2.45) is 0 Å². The van der Waals surface area contributed by atoms with E-state index in [1.54, 1.807) is 11.9 Å². The first-order valence-corrected chi connectivity index (χ1v) is 10.2. The van der Waals surface area contributed by atoms with E-state index in [-0.39, 0.29) is 11.6 Å². The van der Waals surface area contributed by atoms with E-state index in [0.717, 1.165) is 47.9 Å². The monoisotopic (exact) mass is 427 g/mol. The Kier molecular flexibility index (Phi) is 5.24. The number of amides is 4. The molecule has 2 aliphatic rings. The highest BCUT2D eigenvalue weighted by atomic mass is 19.1. The van der Waals surface area contributed by atoms with Gasteiger partial charge in [-0.1, -0.05) is 24.3 Å². The van der Waals surface area contributed by atoms with Gasteiger partial charge in [0, 0.05) is 12.6 Å². The largest absolute Gasteiger partial charge is 0.337 e. The summed E-state index contributed by atoms with van der Waals surface area (Å²) in [6.45, 7) is 0.822. The summed E-state index contributed by atoms with van der Waals surface area (Å²) >= 11 is 0. The predicted octanol–water partition coefficient (Wildman–Crippen LogP) is 3.27. The Morgan fingerprint density at radius 1 is 1.23 bits per heavy atom. The summed E-state index contributed by atoms with van der Waals surface area (Å²) in [6, 6.07) is 9.65. The molecule has 6 nitrogen and oxygen atoms in total. The van der Waals surface area contributed by atoms with E-state index in [1.807, 2.05) is 24.3 Å². The van der Waals surface area contributed by atoms with E-state index in [9.17, 15) is 23.2 Å². The average Bonchev–Trinajstić information content (AvgIpc) is 2.98. The second kappa shape index (κ2) is 7.76. The first kappa shape index (κ1) is 21.0. The number of nitrogens with zero attached hydrogens (tertiary/aromatic N) is 2. The van der Waals surface area contributed by atoms with Crippen molar-refractivity contribution in [1.29, 1.82) is 0 Å². The van der Waals surface area contributed by atoms with Crippen LogP contribution in [-0.2, 0) is 21.5 Å². The molecule has 4 amide bonds. The van der Waals surface area contributed by atoms with Crippen molar-refractivity contribution in [3.63, 3.8) is 0 Å². The summed E-state index contributed by atoms with van der Waals surface area (Å²) in [5.41, 5.74) is 0.172. The van der Waals surface area contributed by atoms with Gasteiger partial charge in [-0.15, -0.1) is 0 Å². The Labute approximate surface area is 178 Å². The molecule has 8 heteroatoms. The fourth-order valence-electron chi connectivity index (χ4n) is 4.45. The third kappa shape index (κ3) is 3.56. The Bertz CT molecular complexity index is 1070. The molecule has 1 saturated heterocycles. The van der Waals surface area contributed by atoms with Gasteiger partial charge < -0.3 is 10.2 Å². The molecule has 2 aromatic rings. The summed E-state index contributed by atoms with van der Waals surface area (Å²) in [5.74, 6) is -2.76. The number of imide groups is 1. The molecule has 0 radical (unpaired) electrons. The number of halogens is 2. The summed E-state index contributed by atoms with van der Waals surface area (Å²) in [6.07, 6.45) is 2.66. The molecule has 1 N–H and O–H groups in total. The minimum atomic E-state index is -1.79. The van der Waals surface area contributed by atoms with E-state index in [0.29, 0.717) is 0 Å². The molecule has 1 heterocycles. The second-order valence-corrected chi connectivity index (χ2v) is 8.18. The lowest BCUT2D eigenvalue weighted by atomic mass is 9.87. The van der Waals surface area contributed by atoms with Gasteiger partial charge in [0.15, 0.2) is 0 Å². The Morgan fingerprint density at radius 3 is 2.74 bits per heavy atom. The van der Waals surface area contributed by atoms with Crippen LogP contribution in [0, 0.1) is 11.6 Å². The maximum atomic E-state index is 14.3. The number of nitrogens with one attached hydrogen (secondary N) is 1. The molecule has 0 saturated carbocycles. The fourth-order valence-corrected chi connectivity index (χ4v) is 4.45. The van der Waals surface area contributed by atoms with Crippen LogP contribution >= 0.6 is 0 Å². The van der Waals surface area contributed by atoms with Crippen molar-refractivity contribution in [2.45, 2.75) is 37.8 Å². The molecule has 0 unspecified atom stereocenters. The SMILES string of the molecule is CN(C(=O)CN1C(=O)N[C@](C)(c2cc(F)ccc2F)C1=O)[C@H]1CCCc2ccccc21. The van der Waals surface area contributed by atoms with Crippen LogP contribution in [0.3, 0.4) is 0 Å². The summed E-state index contributed by atoms with van der Waals surface area (Å²) in [5, 5.41) is 2.41. The minimum absolute atomic E-state index is 0.148. The van der Waals surface area contributed by atoms with Gasteiger partial charge in [-0.3, -0.25) is 14.5 Å². The molecular weight excluding hydrogens is 404 g/mol. The number of hydrogen-bond acceptors (Lipinski definition) is 3. The molecule has 2 atom stereocenters. The van der Waals surface area contributed by atoms with E-state index in [4.69, 9.17) is 0 Å². The van der Waals surface area contributed by atoms with E-state index in [1.165, 1.54) is 12.5 Å². The van der Waals surface area contributed by atoms with Gasteiger partial charge >= 0.3 is 6.03 Å². The number of carbonyl (C=O) groups is 3. The van der Waals surface area contributed by atoms with E-state index in [2.05, 4.69) is 5.32 Å². The molecule has 2 aromatic carbocycles. The molecule has 31 heavy (non-hydrogen) atoms. The summed E-state index contributed by atoms with van der Waals surface area (Å²) in [7, 11) is 1.65. The number of fused-ring (bicyclic) bond motifs is 1. The third-order valence-electron chi connectivity index (χ3n) is 6.23. The standard InChI is InChI=1S/C23H23F2N3O3/c1-23(17-12-15(24)10-11-18(17)25)21(30)28(22(31)26-23)13-20(29)27(2)19-9-5-7-14-6-3-4-8-16(14)19/h3-4,6,8,10-12,19H,5,7,9,13H2,1-2H3,(H,26,31)/t19-,23+/m0/s1. The lowest BCUT2D eigenvalue weighted by molar-refractivity contribution is -0.139. The fraction of sp³-hybridized carbons (Fsp3) is 0.348. The zero-order chi connectivity index (χ0) is 22.3. The highest BCUT2D eigenvalue weighted by molar-refractivity contribution is 6.09. The van der Waals surface area contributed by atoms with Gasteiger partial charge in [0.05, 0.1) is 6.04 Å². The molecule has 1 aliphatic heterocycles. The Balaban J connectivity index is 1.55. The molecule has 0 bridgehead atoms. The van der Waals surface area contributed by atoms with Crippen LogP contribution in [0.5, 0.6) is 0 Å². The Hall–Kier alpha value is -3.29. The summed E-state index contributed by atoms with van der Waals surface area (Å²) < 4.78 is 28.0. The van der Waals surface area contributed by atoms with Crippen molar-refractivity contribution in [1.82, 2.24) is 15.1 Å². The number of aryl methyl sites for hydroxylation is 1. The molecule has 0 aromatic heterocycles. The molecule has 1 aliphatic carbocycles. The first-order chi connectivity index (χ1) is 14.7. The lowest BCUT2D eigenvalue weighted by Crippen LogP contribution is -2.45. The Morgan fingerprint density at radius 2 is 1.97 bits per heavy atom. The molecule has 162 valence electrons. The highest BCUT2D eigenvalue weighted by Crippen LogP contribution is 2.34. The molecule has 0 spiro atoms. The lowest BCUT2D eigenvalue weighted by Gasteiger charge is -2.34. The van der Waals surface area contributed by atoms with Crippen molar-refractivity contribution >= 4 is 17.8 Å². The van der Waals surface area contributed by atoms with E-state index < -0.39 is 41.6 Å². The topological polar surface area (TPSA) is 69.7 Å². The van der Waals surface area contributed by atoms with Crippen molar-refractivity contribution in [3.8, 4) is 0 Å². The van der Waals surface area contributed by atoms with Crippen LogP contribution in [-0.4, -0.2) is 41.2 Å². The number of hydrogen-bond donors (Lipinski definition) is 1.